The van der Waals surface area contributed by atoms with Crippen LogP contribution in [0, 0.1) is 6.92 Å². The second kappa shape index (κ2) is 7.69. The van der Waals surface area contributed by atoms with Crippen molar-refractivity contribution in [1.82, 2.24) is 15.5 Å². The molecule has 1 aliphatic carbocycles. The number of hydrogen-bond acceptors (Lipinski definition) is 2. The molecule has 2 fully saturated rings. The SMILES string of the molecule is Cc1ccccc1C(=O)NC1CCN(C(=O)NC2CCCC2)CC1. The molecule has 1 aromatic carbocycles. The van der Waals surface area contributed by atoms with Gasteiger partial charge in [0.2, 0.25) is 0 Å². The van der Waals surface area contributed by atoms with Crippen LogP contribution in [0.5, 0.6) is 0 Å². The first kappa shape index (κ1) is 16.8. The molecule has 2 N–H and O–H groups in total. The highest BCUT2D eigenvalue weighted by atomic mass is 16.2. The number of rotatable bonds is 3. The Morgan fingerprint density at radius 3 is 2.25 bits per heavy atom. The summed E-state index contributed by atoms with van der Waals surface area (Å²) in [6.07, 6.45) is 6.28. The molecule has 1 aliphatic heterocycles. The number of aryl methyl sites for hydroxylation is 1. The number of piperidine rings is 1. The highest BCUT2D eigenvalue weighted by Crippen LogP contribution is 2.19. The Kier molecular flexibility index (Phi) is 5.38. The molecule has 0 atom stereocenters. The van der Waals surface area contributed by atoms with Crippen LogP contribution in [0.2, 0.25) is 0 Å². The maximum atomic E-state index is 12.4. The Bertz CT molecular complexity index is 588. The molecule has 0 unspecified atom stereocenters. The third-order valence-electron chi connectivity index (χ3n) is 5.19. The van der Waals surface area contributed by atoms with E-state index in [0.29, 0.717) is 19.1 Å². The molecule has 2 aliphatic rings. The molecule has 0 spiro atoms. The first-order valence-corrected chi connectivity index (χ1v) is 9.05. The highest BCUT2D eigenvalue weighted by molar-refractivity contribution is 5.95. The quantitative estimate of drug-likeness (QED) is 0.896. The van der Waals surface area contributed by atoms with E-state index in [2.05, 4.69) is 10.6 Å². The molecule has 24 heavy (non-hydrogen) atoms. The van der Waals surface area contributed by atoms with E-state index in [1.54, 1.807) is 0 Å². The van der Waals surface area contributed by atoms with Crippen LogP contribution in [-0.2, 0) is 0 Å². The molecule has 5 heteroatoms. The van der Waals surface area contributed by atoms with Gasteiger partial charge in [-0.05, 0) is 44.2 Å². The zero-order chi connectivity index (χ0) is 16.9. The van der Waals surface area contributed by atoms with E-state index in [-0.39, 0.29) is 18.0 Å². The van der Waals surface area contributed by atoms with Crippen LogP contribution in [0.3, 0.4) is 0 Å². The van der Waals surface area contributed by atoms with Gasteiger partial charge in [-0.15, -0.1) is 0 Å². The van der Waals surface area contributed by atoms with E-state index in [1.165, 1.54) is 12.8 Å². The number of amides is 3. The Morgan fingerprint density at radius 2 is 1.58 bits per heavy atom. The minimum absolute atomic E-state index is 0.0121. The van der Waals surface area contributed by atoms with Gasteiger partial charge in [0.15, 0.2) is 0 Å². The number of nitrogens with one attached hydrogen (secondary N) is 2. The molecule has 0 bridgehead atoms. The number of likely N-dealkylation sites (tertiary alicyclic amines) is 1. The van der Waals surface area contributed by atoms with Gasteiger partial charge in [0.1, 0.15) is 0 Å². The van der Waals surface area contributed by atoms with Crippen molar-refractivity contribution in [3.8, 4) is 0 Å². The lowest BCUT2D eigenvalue weighted by molar-refractivity contribution is 0.0917. The molecule has 1 aromatic rings. The van der Waals surface area contributed by atoms with Gasteiger partial charge in [-0.1, -0.05) is 31.0 Å². The van der Waals surface area contributed by atoms with Gasteiger partial charge in [0, 0.05) is 30.7 Å². The number of carbonyl (C=O) groups is 2. The van der Waals surface area contributed by atoms with Crippen LogP contribution in [0.4, 0.5) is 4.79 Å². The predicted octanol–water partition coefficient (Wildman–Crippen LogP) is 2.84. The van der Waals surface area contributed by atoms with Crippen molar-refractivity contribution < 1.29 is 9.59 Å². The lowest BCUT2D eigenvalue weighted by Crippen LogP contribution is -2.51. The van der Waals surface area contributed by atoms with Crippen LogP contribution < -0.4 is 10.6 Å². The molecule has 130 valence electrons. The second-order valence-corrected chi connectivity index (χ2v) is 6.98. The molecule has 3 rings (SSSR count). The Morgan fingerprint density at radius 1 is 0.958 bits per heavy atom. The largest absolute Gasteiger partial charge is 0.349 e. The monoisotopic (exact) mass is 329 g/mol. The van der Waals surface area contributed by atoms with Crippen molar-refractivity contribution in [2.75, 3.05) is 13.1 Å². The van der Waals surface area contributed by atoms with E-state index in [1.807, 2.05) is 36.1 Å². The fourth-order valence-corrected chi connectivity index (χ4v) is 3.65. The minimum atomic E-state index is -0.0121. The van der Waals surface area contributed by atoms with Crippen LogP contribution in [0.1, 0.15) is 54.4 Å². The zero-order valence-corrected chi connectivity index (χ0v) is 14.4. The minimum Gasteiger partial charge on any atom is -0.349 e. The second-order valence-electron chi connectivity index (χ2n) is 6.98. The van der Waals surface area contributed by atoms with E-state index >= 15 is 0 Å². The number of hydrogen-bond donors (Lipinski definition) is 2. The van der Waals surface area contributed by atoms with Crippen LogP contribution >= 0.6 is 0 Å². The van der Waals surface area contributed by atoms with Gasteiger partial charge < -0.3 is 15.5 Å². The molecule has 0 radical (unpaired) electrons. The van der Waals surface area contributed by atoms with Gasteiger partial charge in [0.25, 0.3) is 5.91 Å². The van der Waals surface area contributed by atoms with Crippen molar-refractivity contribution in [3.05, 3.63) is 35.4 Å². The van der Waals surface area contributed by atoms with E-state index in [0.717, 1.165) is 36.8 Å². The first-order chi connectivity index (χ1) is 11.6. The average molecular weight is 329 g/mol. The lowest BCUT2D eigenvalue weighted by atomic mass is 10.0. The van der Waals surface area contributed by atoms with Crippen molar-refractivity contribution in [1.29, 1.82) is 0 Å². The van der Waals surface area contributed by atoms with Gasteiger partial charge in [0.05, 0.1) is 0 Å². The molecule has 5 nitrogen and oxygen atoms in total. The molecular weight excluding hydrogens is 302 g/mol. The van der Waals surface area contributed by atoms with Gasteiger partial charge in [-0.2, -0.15) is 0 Å². The Balaban J connectivity index is 1.45. The van der Waals surface area contributed by atoms with Crippen molar-refractivity contribution >= 4 is 11.9 Å². The summed E-state index contributed by atoms with van der Waals surface area (Å²) in [5.74, 6) is -0.0121. The first-order valence-electron chi connectivity index (χ1n) is 9.05. The third kappa shape index (κ3) is 4.08. The summed E-state index contributed by atoms with van der Waals surface area (Å²) >= 11 is 0. The maximum Gasteiger partial charge on any atom is 0.317 e. The van der Waals surface area contributed by atoms with Crippen molar-refractivity contribution in [2.24, 2.45) is 0 Å². The van der Waals surface area contributed by atoms with E-state index < -0.39 is 0 Å². The standard InChI is InChI=1S/C19H27N3O2/c1-14-6-2-5-9-17(14)18(23)20-16-10-12-22(13-11-16)19(24)21-15-7-3-4-8-15/h2,5-6,9,15-16H,3-4,7-8,10-13H2,1H3,(H,20,23)(H,21,24). The smallest absolute Gasteiger partial charge is 0.317 e. The Hall–Kier alpha value is -2.04. The van der Waals surface area contributed by atoms with Gasteiger partial charge >= 0.3 is 6.03 Å². The van der Waals surface area contributed by atoms with E-state index in [9.17, 15) is 9.59 Å². The predicted molar refractivity (Wildman–Crippen MR) is 94.0 cm³/mol. The number of benzene rings is 1. The summed E-state index contributed by atoms with van der Waals surface area (Å²) < 4.78 is 0. The maximum absolute atomic E-state index is 12.4. The summed E-state index contributed by atoms with van der Waals surface area (Å²) in [6, 6.07) is 8.19. The fourth-order valence-electron chi connectivity index (χ4n) is 3.65. The summed E-state index contributed by atoms with van der Waals surface area (Å²) in [5, 5.41) is 6.25. The van der Waals surface area contributed by atoms with Crippen molar-refractivity contribution in [3.63, 3.8) is 0 Å². The van der Waals surface area contributed by atoms with Gasteiger partial charge in [-0.25, -0.2) is 4.79 Å². The Labute approximate surface area is 143 Å². The molecule has 1 heterocycles. The number of nitrogens with zero attached hydrogens (tertiary/aromatic N) is 1. The number of carbonyl (C=O) groups excluding carboxylic acids is 2. The highest BCUT2D eigenvalue weighted by Gasteiger charge is 2.26. The molecule has 3 amide bonds. The fraction of sp³-hybridized carbons (Fsp3) is 0.579. The zero-order valence-electron chi connectivity index (χ0n) is 14.4. The summed E-state index contributed by atoms with van der Waals surface area (Å²) in [7, 11) is 0. The number of urea groups is 1. The van der Waals surface area contributed by atoms with Crippen LogP contribution in [-0.4, -0.2) is 42.0 Å². The summed E-state index contributed by atoms with van der Waals surface area (Å²) in [5.41, 5.74) is 1.72. The van der Waals surface area contributed by atoms with Gasteiger partial charge in [-0.3, -0.25) is 4.79 Å². The molecule has 1 saturated carbocycles. The normalized spacial score (nSPS) is 19.3. The average Bonchev–Trinajstić information content (AvgIpc) is 3.08. The van der Waals surface area contributed by atoms with Crippen LogP contribution in [0.15, 0.2) is 24.3 Å². The topological polar surface area (TPSA) is 61.4 Å². The summed E-state index contributed by atoms with van der Waals surface area (Å²) in [6.45, 7) is 3.36. The van der Waals surface area contributed by atoms with Crippen molar-refractivity contribution in [2.45, 2.75) is 57.5 Å². The molecule has 0 aromatic heterocycles. The third-order valence-corrected chi connectivity index (χ3v) is 5.19. The molecular formula is C19H27N3O2. The lowest BCUT2D eigenvalue weighted by Gasteiger charge is -2.33. The van der Waals surface area contributed by atoms with E-state index in [4.69, 9.17) is 0 Å². The van der Waals surface area contributed by atoms with Crippen LogP contribution in [0.25, 0.3) is 0 Å². The molecule has 1 saturated heterocycles. The summed E-state index contributed by atoms with van der Waals surface area (Å²) in [4.78, 5) is 26.5.